The third-order valence-corrected chi connectivity index (χ3v) is 17.6. The van der Waals surface area contributed by atoms with Crippen molar-refractivity contribution in [3.63, 3.8) is 0 Å². The molecule has 0 aliphatic carbocycles. The molecule has 0 amide bonds. The van der Waals surface area contributed by atoms with Gasteiger partial charge in [0.15, 0.2) is 5.58 Å². The van der Waals surface area contributed by atoms with E-state index in [4.69, 9.17) is 9.26 Å². The first kappa shape index (κ1) is 45.2. The summed E-state index contributed by atoms with van der Waals surface area (Å²) < 4.78 is 16.4. The van der Waals surface area contributed by atoms with Crippen molar-refractivity contribution in [3.8, 4) is 39.9 Å². The predicted molar refractivity (Wildman–Crippen MR) is 343 cm³/mol. The average molecular weight is 1060 g/mol. The summed E-state index contributed by atoms with van der Waals surface area (Å²) in [5, 5.41) is 27.6. The van der Waals surface area contributed by atoms with E-state index in [0.29, 0.717) is 39.6 Å². The van der Waals surface area contributed by atoms with Crippen LogP contribution in [-0.2, 0) is 0 Å². The zero-order chi connectivity index (χ0) is 54.6. The normalized spacial score (nSPS) is 12.1. The van der Waals surface area contributed by atoms with Gasteiger partial charge >= 0.3 is 0 Å². The maximum atomic E-state index is 12.7. The highest BCUT2D eigenvalue weighted by Gasteiger charge is 2.35. The van der Waals surface area contributed by atoms with Gasteiger partial charge in [-0.25, -0.2) is 4.85 Å². The highest BCUT2D eigenvalue weighted by molar-refractivity contribution is 6.24. The minimum atomic E-state index is 0.324. The molecule has 18 rings (SSSR count). The van der Waals surface area contributed by atoms with Gasteiger partial charge in [-0.05, 0) is 93.3 Å². The topological polar surface area (TPSA) is 61.0 Å². The lowest BCUT2D eigenvalue weighted by Gasteiger charge is -2.27. The second kappa shape index (κ2) is 16.9. The maximum Gasteiger partial charge on any atom is 0.237 e. The molecule has 5 heterocycles. The number of aromatic nitrogens is 4. The van der Waals surface area contributed by atoms with E-state index in [1.54, 1.807) is 0 Å². The summed E-state index contributed by atoms with van der Waals surface area (Å²) in [5.41, 5.74) is 13.9. The Labute approximate surface area is 473 Å². The Balaban J connectivity index is 1.13. The third-order valence-electron chi connectivity index (χ3n) is 17.6. The van der Waals surface area contributed by atoms with E-state index in [0.717, 1.165) is 115 Å². The molecule has 0 bridgehead atoms. The molecule has 18 aromatic rings. The van der Waals surface area contributed by atoms with Crippen molar-refractivity contribution in [2.75, 3.05) is 0 Å². The monoisotopic (exact) mass is 1050 g/mol. The fraction of sp³-hybridized carbons (Fsp3) is 0. The molecule has 0 aliphatic heterocycles. The number of nitrogens with zero attached hydrogens (tertiary/aromatic N) is 6. The quantitative estimate of drug-likeness (QED) is 0.127. The van der Waals surface area contributed by atoms with Crippen molar-refractivity contribution >= 4 is 136 Å². The number of furan rings is 1. The van der Waals surface area contributed by atoms with Crippen LogP contribution in [0.15, 0.2) is 259 Å². The molecule has 382 valence electrons. The zero-order valence-electron chi connectivity index (χ0n) is 44.3. The first-order valence-electron chi connectivity index (χ1n) is 27.9. The third kappa shape index (κ3) is 6.04. The molecular formula is C76H42N6O. The van der Waals surface area contributed by atoms with Crippen LogP contribution in [0.3, 0.4) is 0 Å². The molecule has 13 aromatic carbocycles. The Morgan fingerprint density at radius 3 is 1.37 bits per heavy atom. The van der Waals surface area contributed by atoms with E-state index in [2.05, 4.69) is 255 Å². The fourth-order valence-corrected chi connectivity index (χ4v) is 14.2. The van der Waals surface area contributed by atoms with Gasteiger partial charge in [-0.3, -0.25) is 0 Å². The van der Waals surface area contributed by atoms with Gasteiger partial charge in [0.25, 0.3) is 0 Å². The minimum Gasteiger partial charge on any atom is -0.454 e. The van der Waals surface area contributed by atoms with Crippen LogP contribution in [0.5, 0.6) is 0 Å². The molecule has 83 heavy (non-hydrogen) atoms. The Bertz CT molecular complexity index is 5670. The van der Waals surface area contributed by atoms with E-state index < -0.39 is 0 Å². The van der Waals surface area contributed by atoms with Crippen LogP contribution < -0.4 is 0 Å². The zero-order valence-corrected chi connectivity index (χ0v) is 44.3. The Hall–Kier alpha value is -11.6. The second-order valence-electron chi connectivity index (χ2n) is 21.6. The molecular weight excluding hydrogens is 1010 g/mol. The summed E-state index contributed by atoms with van der Waals surface area (Å²) in [7, 11) is 0. The van der Waals surface area contributed by atoms with E-state index in [-0.39, 0.29) is 0 Å². The smallest absolute Gasteiger partial charge is 0.237 e. The van der Waals surface area contributed by atoms with Gasteiger partial charge in [-0.1, -0.05) is 194 Å². The second-order valence-corrected chi connectivity index (χ2v) is 21.6. The van der Waals surface area contributed by atoms with Gasteiger partial charge in [-0.15, -0.1) is 0 Å². The largest absolute Gasteiger partial charge is 0.454 e. The molecule has 0 N–H and O–H groups in total. The van der Waals surface area contributed by atoms with Gasteiger partial charge < -0.3 is 22.7 Å². The molecule has 7 heteroatoms. The average Bonchev–Trinajstić information content (AvgIpc) is 1.93. The van der Waals surface area contributed by atoms with Crippen molar-refractivity contribution in [2.45, 2.75) is 0 Å². The fourth-order valence-electron chi connectivity index (χ4n) is 14.2. The molecule has 0 atom stereocenters. The molecule has 7 nitrogen and oxygen atoms in total. The molecule has 5 aromatic heterocycles. The lowest BCUT2D eigenvalue weighted by Crippen LogP contribution is -2.14. The summed E-state index contributed by atoms with van der Waals surface area (Å²) in [6.45, 7) is 9.90. The minimum absolute atomic E-state index is 0.324. The summed E-state index contributed by atoms with van der Waals surface area (Å²) >= 11 is 0. The first-order chi connectivity index (χ1) is 41.2. The van der Waals surface area contributed by atoms with Crippen molar-refractivity contribution in [1.82, 2.24) is 18.3 Å². The van der Waals surface area contributed by atoms with Gasteiger partial charge in [0.1, 0.15) is 11.7 Å². The SMILES string of the molecule is [C-]#[N+]c1c(-n2c3ccccc3c3ccccc32)c(C#N)c(-n2c3ccccc3c3ccccc32)c(-n2c3ccc(-c4cccc5ccc6ccccc6c45)cc3c3ccc4c5ccccc5oc4c32)c1-n1c2ccccc2c2ccccc21. The molecule has 0 spiro atoms. The summed E-state index contributed by atoms with van der Waals surface area (Å²) in [5.74, 6) is 0. The van der Waals surface area contributed by atoms with E-state index in [1.807, 2.05) is 24.3 Å². The van der Waals surface area contributed by atoms with Crippen LogP contribution in [0.1, 0.15) is 5.56 Å². The molecule has 0 saturated carbocycles. The molecule has 0 aliphatic rings. The van der Waals surface area contributed by atoms with E-state index in [9.17, 15) is 11.8 Å². The summed E-state index contributed by atoms with van der Waals surface area (Å²) in [6, 6.07) is 92.8. The molecule has 0 saturated heterocycles. The summed E-state index contributed by atoms with van der Waals surface area (Å²) in [4.78, 5) is 4.81. The Morgan fingerprint density at radius 1 is 0.349 bits per heavy atom. The van der Waals surface area contributed by atoms with Crippen LogP contribution in [0, 0.1) is 17.9 Å². The van der Waals surface area contributed by atoms with Crippen molar-refractivity contribution in [1.29, 1.82) is 5.26 Å². The van der Waals surface area contributed by atoms with Crippen molar-refractivity contribution < 1.29 is 4.42 Å². The number of nitriles is 1. The highest BCUT2D eigenvalue weighted by Crippen LogP contribution is 2.53. The van der Waals surface area contributed by atoms with Crippen LogP contribution in [0.4, 0.5) is 5.69 Å². The standard InChI is InChI=1S/C76H42N6O/c1-78-70-71(79-61-30-11-4-22-50(61)51-23-5-12-31-62(51)79)60(44-77)72(80-63-32-13-6-24-52(63)53-25-7-14-33-64(53)80)75(74(70)81-65-34-15-8-26-54(65)55-27-9-16-35-66(55)81)82-67-42-39-47(49-29-18-20-46-38-37-45-19-2-3-21-48(45)69(46)49)43-59(67)57-40-41-58-56-28-10-17-36-68(56)83-76(58)73(57)82/h2-43H. The number of fused-ring (bicyclic) bond motifs is 19. The van der Waals surface area contributed by atoms with Gasteiger partial charge in [-0.2, -0.15) is 5.26 Å². The maximum absolute atomic E-state index is 12.7. The highest BCUT2D eigenvalue weighted by atomic mass is 16.3. The van der Waals surface area contributed by atoms with Gasteiger partial charge in [0, 0.05) is 53.9 Å². The first-order valence-corrected chi connectivity index (χ1v) is 27.9. The van der Waals surface area contributed by atoms with Crippen LogP contribution in [0.2, 0.25) is 0 Å². The van der Waals surface area contributed by atoms with Crippen molar-refractivity contribution in [3.05, 3.63) is 272 Å². The lowest BCUT2D eigenvalue weighted by molar-refractivity contribution is 0.671. The number of benzene rings is 13. The van der Waals surface area contributed by atoms with Crippen LogP contribution in [-0.4, -0.2) is 18.3 Å². The van der Waals surface area contributed by atoms with Gasteiger partial charge in [0.2, 0.25) is 5.69 Å². The van der Waals surface area contributed by atoms with E-state index in [1.165, 1.54) is 21.5 Å². The van der Waals surface area contributed by atoms with Crippen molar-refractivity contribution in [2.24, 2.45) is 0 Å². The van der Waals surface area contributed by atoms with Gasteiger partial charge in [0.05, 0.1) is 79.0 Å². The lowest BCUT2D eigenvalue weighted by atomic mass is 9.93. The van der Waals surface area contributed by atoms with E-state index >= 15 is 0 Å². The van der Waals surface area contributed by atoms with Crippen LogP contribution >= 0.6 is 0 Å². The predicted octanol–water partition coefficient (Wildman–Crippen LogP) is 20.4. The molecule has 0 fully saturated rings. The summed E-state index contributed by atoms with van der Waals surface area (Å²) in [6.07, 6.45) is 0. The Morgan fingerprint density at radius 2 is 0.807 bits per heavy atom. The number of hydrogen-bond donors (Lipinski definition) is 0. The molecule has 0 unspecified atom stereocenters. The van der Waals surface area contributed by atoms with Crippen LogP contribution in [0.25, 0.3) is 169 Å². The number of para-hydroxylation sites is 7. The number of hydrogen-bond acceptors (Lipinski definition) is 2. The Kier molecular flexibility index (Phi) is 9.23. The molecule has 0 radical (unpaired) electrons. The number of rotatable bonds is 5.